The Bertz CT molecular complexity index is 541. The van der Waals surface area contributed by atoms with Gasteiger partial charge in [0.25, 0.3) is 0 Å². The van der Waals surface area contributed by atoms with Crippen molar-refractivity contribution in [2.75, 3.05) is 14.1 Å². The molecule has 1 unspecified atom stereocenters. The van der Waals surface area contributed by atoms with Crippen LogP contribution in [0.15, 0.2) is 30.3 Å². The van der Waals surface area contributed by atoms with E-state index in [2.05, 4.69) is 22.0 Å². The molecular weight excluding hydrogens is 232 g/mol. The second-order valence-corrected chi connectivity index (χ2v) is 4.58. The highest BCUT2D eigenvalue weighted by atomic mass is 32.1. The monoisotopic (exact) mass is 248 g/mol. The molecule has 0 bridgehead atoms. The van der Waals surface area contributed by atoms with Crippen LogP contribution >= 0.6 is 12.2 Å². The molecule has 0 fully saturated rings. The number of hydrogen-bond donors (Lipinski definition) is 1. The first-order valence-electron chi connectivity index (χ1n) is 5.50. The Morgan fingerprint density at radius 3 is 2.53 bits per heavy atom. The van der Waals surface area contributed by atoms with Gasteiger partial charge >= 0.3 is 0 Å². The van der Waals surface area contributed by atoms with E-state index < -0.39 is 0 Å². The van der Waals surface area contributed by atoms with Gasteiger partial charge in [0, 0.05) is 5.69 Å². The number of nitrogens with zero attached hydrogens (tertiary/aromatic N) is 3. The lowest BCUT2D eigenvalue weighted by molar-refractivity contribution is 0.305. The molecule has 4 nitrogen and oxygen atoms in total. The Kier molecular flexibility index (Phi) is 3.40. The maximum absolute atomic E-state index is 5.29. The summed E-state index contributed by atoms with van der Waals surface area (Å²) in [6.07, 6.45) is 0. The van der Waals surface area contributed by atoms with Crippen molar-refractivity contribution in [2.45, 2.75) is 13.0 Å². The number of nitrogens with one attached hydrogen (secondary N) is 1. The van der Waals surface area contributed by atoms with Gasteiger partial charge in [0.1, 0.15) is 0 Å². The van der Waals surface area contributed by atoms with Crippen molar-refractivity contribution in [2.24, 2.45) is 0 Å². The summed E-state index contributed by atoms with van der Waals surface area (Å²) in [5, 5.41) is 7.18. The number of para-hydroxylation sites is 1. The molecule has 2 rings (SSSR count). The van der Waals surface area contributed by atoms with Crippen molar-refractivity contribution < 1.29 is 0 Å². The van der Waals surface area contributed by atoms with Crippen LogP contribution in [0.4, 0.5) is 0 Å². The first-order valence-corrected chi connectivity index (χ1v) is 5.91. The number of hydrogen-bond acceptors (Lipinski definition) is 3. The van der Waals surface area contributed by atoms with Crippen molar-refractivity contribution in [3.8, 4) is 5.69 Å². The number of aromatic nitrogens is 3. The Labute approximate surface area is 106 Å². The first kappa shape index (κ1) is 12.0. The molecule has 1 N–H and O–H groups in total. The van der Waals surface area contributed by atoms with Gasteiger partial charge < -0.3 is 0 Å². The summed E-state index contributed by atoms with van der Waals surface area (Å²) in [6, 6.07) is 10.2. The molecule has 1 atom stereocenters. The largest absolute Gasteiger partial charge is 0.300 e. The smallest absolute Gasteiger partial charge is 0.199 e. The summed E-state index contributed by atoms with van der Waals surface area (Å²) < 4.78 is 2.60. The molecule has 1 aromatic heterocycles. The minimum Gasteiger partial charge on any atom is -0.300 e. The van der Waals surface area contributed by atoms with Crippen LogP contribution in [-0.2, 0) is 0 Å². The summed E-state index contributed by atoms with van der Waals surface area (Å²) >= 11 is 5.29. The molecule has 0 radical (unpaired) electrons. The molecule has 0 aliphatic heterocycles. The fourth-order valence-corrected chi connectivity index (χ4v) is 1.89. The van der Waals surface area contributed by atoms with Gasteiger partial charge in [0.2, 0.25) is 0 Å². The van der Waals surface area contributed by atoms with E-state index in [1.807, 2.05) is 49.0 Å². The molecule has 0 spiro atoms. The van der Waals surface area contributed by atoms with Gasteiger partial charge in [-0.3, -0.25) is 14.6 Å². The lowest BCUT2D eigenvalue weighted by atomic mass is 10.2. The highest BCUT2D eigenvalue weighted by molar-refractivity contribution is 7.71. The molecule has 17 heavy (non-hydrogen) atoms. The van der Waals surface area contributed by atoms with Gasteiger partial charge in [-0.2, -0.15) is 5.10 Å². The number of H-pyrrole nitrogens is 1. The van der Waals surface area contributed by atoms with Gasteiger partial charge in [-0.1, -0.05) is 18.2 Å². The third-order valence-electron chi connectivity index (χ3n) is 2.86. The van der Waals surface area contributed by atoms with E-state index >= 15 is 0 Å². The van der Waals surface area contributed by atoms with E-state index in [4.69, 9.17) is 12.2 Å². The van der Waals surface area contributed by atoms with Crippen molar-refractivity contribution in [1.82, 2.24) is 19.7 Å². The number of benzene rings is 1. The Hall–Kier alpha value is -1.46. The Morgan fingerprint density at radius 1 is 1.29 bits per heavy atom. The molecule has 90 valence electrons. The minimum atomic E-state index is 0.197. The molecule has 0 aliphatic carbocycles. The van der Waals surface area contributed by atoms with Crippen molar-refractivity contribution in [3.63, 3.8) is 0 Å². The lowest BCUT2D eigenvalue weighted by Gasteiger charge is -2.19. The van der Waals surface area contributed by atoms with Crippen LogP contribution in [-0.4, -0.2) is 33.8 Å². The second-order valence-electron chi connectivity index (χ2n) is 4.20. The molecule has 0 saturated carbocycles. The second kappa shape index (κ2) is 4.81. The van der Waals surface area contributed by atoms with E-state index in [0.717, 1.165) is 11.5 Å². The Balaban J connectivity index is 2.55. The lowest BCUT2D eigenvalue weighted by Crippen LogP contribution is -2.20. The van der Waals surface area contributed by atoms with E-state index in [9.17, 15) is 0 Å². The standard InChI is InChI=1S/C12H16N4S/c1-9(15(2)3)11-13-14-12(17)16(11)10-7-5-4-6-8-10/h4-9H,1-3H3,(H,14,17). The summed E-state index contributed by atoms with van der Waals surface area (Å²) in [4.78, 5) is 2.10. The molecular formula is C12H16N4S. The zero-order valence-electron chi connectivity index (χ0n) is 10.2. The minimum absolute atomic E-state index is 0.197. The highest BCUT2D eigenvalue weighted by Gasteiger charge is 2.16. The SMILES string of the molecule is CC(c1n[nH]c(=S)n1-c1ccccc1)N(C)C. The maximum Gasteiger partial charge on any atom is 0.199 e. The summed E-state index contributed by atoms with van der Waals surface area (Å²) in [5.41, 5.74) is 1.04. The average Bonchev–Trinajstić information content (AvgIpc) is 2.71. The quantitative estimate of drug-likeness (QED) is 0.848. The topological polar surface area (TPSA) is 36.9 Å². The number of rotatable bonds is 3. The third-order valence-corrected chi connectivity index (χ3v) is 3.13. The zero-order chi connectivity index (χ0) is 12.4. The average molecular weight is 248 g/mol. The fourth-order valence-electron chi connectivity index (χ4n) is 1.65. The van der Waals surface area contributed by atoms with Gasteiger partial charge in [-0.05, 0) is 45.4 Å². The summed E-state index contributed by atoms with van der Waals surface area (Å²) in [6.45, 7) is 2.10. The first-order chi connectivity index (χ1) is 8.11. The highest BCUT2D eigenvalue weighted by Crippen LogP contribution is 2.19. The number of aromatic amines is 1. The predicted molar refractivity (Wildman–Crippen MR) is 70.9 cm³/mol. The third kappa shape index (κ3) is 2.30. The molecule has 0 amide bonds. The van der Waals surface area contributed by atoms with Crippen LogP contribution in [0, 0.1) is 4.77 Å². The van der Waals surface area contributed by atoms with E-state index in [-0.39, 0.29) is 6.04 Å². The zero-order valence-corrected chi connectivity index (χ0v) is 11.0. The summed E-state index contributed by atoms with van der Waals surface area (Å²) in [5.74, 6) is 0.922. The predicted octanol–water partition coefficient (Wildman–Crippen LogP) is 2.55. The van der Waals surface area contributed by atoms with Crippen molar-refractivity contribution in [3.05, 3.63) is 40.9 Å². The molecule has 1 aromatic carbocycles. The van der Waals surface area contributed by atoms with Crippen LogP contribution in [0.2, 0.25) is 0 Å². The van der Waals surface area contributed by atoms with Crippen LogP contribution in [0.25, 0.3) is 5.69 Å². The van der Waals surface area contributed by atoms with Crippen molar-refractivity contribution >= 4 is 12.2 Å². The molecule has 0 aliphatic rings. The van der Waals surface area contributed by atoms with Crippen LogP contribution < -0.4 is 0 Å². The van der Waals surface area contributed by atoms with E-state index in [1.165, 1.54) is 0 Å². The normalized spacial score (nSPS) is 12.9. The van der Waals surface area contributed by atoms with Gasteiger partial charge in [-0.25, -0.2) is 0 Å². The van der Waals surface area contributed by atoms with Crippen molar-refractivity contribution in [1.29, 1.82) is 0 Å². The molecule has 5 heteroatoms. The fraction of sp³-hybridized carbons (Fsp3) is 0.333. The van der Waals surface area contributed by atoms with E-state index in [1.54, 1.807) is 0 Å². The van der Waals surface area contributed by atoms with Gasteiger partial charge in [0.05, 0.1) is 6.04 Å². The van der Waals surface area contributed by atoms with Crippen LogP contribution in [0.1, 0.15) is 18.8 Å². The summed E-state index contributed by atoms with van der Waals surface area (Å²) in [7, 11) is 4.05. The molecule has 2 aromatic rings. The van der Waals surface area contributed by atoms with Crippen LogP contribution in [0.5, 0.6) is 0 Å². The molecule has 1 heterocycles. The maximum atomic E-state index is 5.29. The van der Waals surface area contributed by atoms with Gasteiger partial charge in [0.15, 0.2) is 10.6 Å². The van der Waals surface area contributed by atoms with E-state index in [0.29, 0.717) is 4.77 Å². The Morgan fingerprint density at radius 2 is 1.94 bits per heavy atom. The molecule has 0 saturated heterocycles. The van der Waals surface area contributed by atoms with Gasteiger partial charge in [-0.15, -0.1) is 0 Å². The van der Waals surface area contributed by atoms with Crippen LogP contribution in [0.3, 0.4) is 0 Å².